The molecule has 3 aromatic rings. The summed E-state index contributed by atoms with van der Waals surface area (Å²) < 4.78 is 33.7. The lowest BCUT2D eigenvalue weighted by atomic mass is 10.1. The zero-order chi connectivity index (χ0) is 21.3. The van der Waals surface area contributed by atoms with Gasteiger partial charge in [0.1, 0.15) is 17.0 Å². The minimum atomic E-state index is -2.76. The van der Waals surface area contributed by atoms with Crippen LogP contribution >= 0.6 is 0 Å². The van der Waals surface area contributed by atoms with Crippen LogP contribution in [0.25, 0.3) is 16.9 Å². The second-order valence-electron chi connectivity index (χ2n) is 7.12. The van der Waals surface area contributed by atoms with Gasteiger partial charge < -0.3 is 14.5 Å². The van der Waals surface area contributed by atoms with E-state index < -0.39 is 6.43 Å². The molecule has 0 unspecified atom stereocenters. The number of hydrogen-bond acceptors (Lipinski definition) is 5. The second-order valence-corrected chi connectivity index (χ2v) is 7.12. The van der Waals surface area contributed by atoms with Crippen molar-refractivity contribution in [3.05, 3.63) is 47.8 Å². The van der Waals surface area contributed by atoms with Crippen LogP contribution in [-0.2, 0) is 0 Å². The Morgan fingerprint density at radius 2 is 1.87 bits per heavy atom. The van der Waals surface area contributed by atoms with Gasteiger partial charge in [-0.2, -0.15) is 5.10 Å². The van der Waals surface area contributed by atoms with Gasteiger partial charge in [0, 0.05) is 31.7 Å². The maximum Gasteiger partial charge on any atom is 0.280 e. The van der Waals surface area contributed by atoms with Gasteiger partial charge in [0.15, 0.2) is 5.65 Å². The summed E-state index contributed by atoms with van der Waals surface area (Å²) >= 11 is 0. The molecule has 4 rings (SSSR count). The average molecular weight is 415 g/mol. The molecule has 1 fully saturated rings. The largest absolute Gasteiger partial charge is 0.497 e. The zero-order valence-corrected chi connectivity index (χ0v) is 16.9. The van der Waals surface area contributed by atoms with Crippen molar-refractivity contribution in [2.24, 2.45) is 0 Å². The number of carbonyl (C=O) groups is 1. The van der Waals surface area contributed by atoms with Gasteiger partial charge >= 0.3 is 0 Å². The number of fused-ring (bicyclic) bond motifs is 1. The van der Waals surface area contributed by atoms with Gasteiger partial charge in [-0.05, 0) is 36.9 Å². The van der Waals surface area contributed by atoms with E-state index in [0.717, 1.165) is 24.1 Å². The Morgan fingerprint density at radius 1 is 1.17 bits per heavy atom. The molecular weight excluding hydrogens is 392 g/mol. The van der Waals surface area contributed by atoms with Crippen molar-refractivity contribution >= 4 is 11.6 Å². The SMILES string of the molecule is CCN1CCN(C(=O)c2cnn3c(C(F)F)cc(-c4ccc(OC)cc4)nc23)CC1. The van der Waals surface area contributed by atoms with E-state index in [1.165, 1.54) is 12.3 Å². The Labute approximate surface area is 172 Å². The lowest BCUT2D eigenvalue weighted by Gasteiger charge is -2.33. The molecule has 1 aliphatic rings. The molecule has 2 aromatic heterocycles. The fraction of sp³-hybridized carbons (Fsp3) is 0.381. The van der Waals surface area contributed by atoms with E-state index in [9.17, 15) is 13.6 Å². The summed E-state index contributed by atoms with van der Waals surface area (Å²) in [5, 5.41) is 4.05. The molecule has 0 radical (unpaired) electrons. The Kier molecular flexibility index (Phi) is 5.63. The quantitative estimate of drug-likeness (QED) is 0.641. The molecule has 1 aliphatic heterocycles. The van der Waals surface area contributed by atoms with Crippen LogP contribution in [0, 0.1) is 0 Å². The molecule has 30 heavy (non-hydrogen) atoms. The predicted octanol–water partition coefficient (Wildman–Crippen LogP) is 3.12. The van der Waals surface area contributed by atoms with Crippen molar-refractivity contribution < 1.29 is 18.3 Å². The van der Waals surface area contributed by atoms with Crippen molar-refractivity contribution in [1.82, 2.24) is 24.4 Å². The van der Waals surface area contributed by atoms with Gasteiger partial charge in [-0.3, -0.25) is 4.79 Å². The number of carbonyl (C=O) groups excluding carboxylic acids is 1. The summed E-state index contributed by atoms with van der Waals surface area (Å²) in [6.45, 7) is 5.76. The van der Waals surface area contributed by atoms with E-state index in [1.807, 2.05) is 0 Å². The predicted molar refractivity (Wildman–Crippen MR) is 108 cm³/mol. The van der Waals surface area contributed by atoms with E-state index in [1.54, 1.807) is 36.3 Å². The van der Waals surface area contributed by atoms with Gasteiger partial charge in [0.05, 0.1) is 19.0 Å². The van der Waals surface area contributed by atoms with Gasteiger partial charge in [0.25, 0.3) is 12.3 Å². The summed E-state index contributed by atoms with van der Waals surface area (Å²) in [6.07, 6.45) is -1.43. The van der Waals surface area contributed by atoms with E-state index in [4.69, 9.17) is 4.74 Å². The number of hydrogen-bond donors (Lipinski definition) is 0. The van der Waals surface area contributed by atoms with Gasteiger partial charge in [-0.25, -0.2) is 18.3 Å². The third-order valence-electron chi connectivity index (χ3n) is 5.45. The Hall–Kier alpha value is -3.07. The number of methoxy groups -OCH3 is 1. The van der Waals surface area contributed by atoms with Crippen molar-refractivity contribution in [3.63, 3.8) is 0 Å². The highest BCUT2D eigenvalue weighted by molar-refractivity contribution is 6.00. The fourth-order valence-corrected chi connectivity index (χ4v) is 3.64. The summed E-state index contributed by atoms with van der Waals surface area (Å²) in [5.74, 6) is 0.417. The molecule has 3 heterocycles. The number of amides is 1. The molecule has 1 amide bonds. The molecule has 158 valence electrons. The smallest absolute Gasteiger partial charge is 0.280 e. The van der Waals surface area contributed by atoms with Crippen LogP contribution < -0.4 is 4.74 Å². The van der Waals surface area contributed by atoms with Crippen LogP contribution in [0.2, 0.25) is 0 Å². The number of alkyl halides is 2. The molecular formula is C21H23F2N5O2. The minimum Gasteiger partial charge on any atom is -0.497 e. The number of rotatable bonds is 5. The van der Waals surface area contributed by atoms with E-state index in [-0.39, 0.29) is 22.8 Å². The molecule has 0 saturated carbocycles. The van der Waals surface area contributed by atoms with Gasteiger partial charge in [-0.15, -0.1) is 0 Å². The van der Waals surface area contributed by atoms with Gasteiger partial charge in [-0.1, -0.05) is 6.92 Å². The summed E-state index contributed by atoms with van der Waals surface area (Å²) in [4.78, 5) is 21.6. The lowest BCUT2D eigenvalue weighted by molar-refractivity contribution is 0.0645. The van der Waals surface area contributed by atoms with Crippen LogP contribution in [0.1, 0.15) is 29.4 Å². The van der Waals surface area contributed by atoms with Crippen LogP contribution in [-0.4, -0.2) is 70.1 Å². The number of aromatic nitrogens is 3. The number of piperazine rings is 1. The standard InChI is InChI=1S/C21H23F2N5O2/c1-3-26-8-10-27(11-9-26)21(29)16-13-24-28-18(19(22)23)12-17(25-20(16)28)14-4-6-15(30-2)7-5-14/h4-7,12-13,19H,3,8-11H2,1-2H3. The molecule has 0 N–H and O–H groups in total. The molecule has 1 saturated heterocycles. The average Bonchev–Trinajstić information content (AvgIpc) is 3.22. The summed E-state index contributed by atoms with van der Waals surface area (Å²) in [7, 11) is 1.55. The minimum absolute atomic E-state index is 0.140. The summed E-state index contributed by atoms with van der Waals surface area (Å²) in [5.41, 5.74) is 1.07. The molecule has 0 aliphatic carbocycles. The lowest BCUT2D eigenvalue weighted by Crippen LogP contribution is -2.48. The molecule has 0 spiro atoms. The Morgan fingerprint density at radius 3 is 2.47 bits per heavy atom. The normalized spacial score (nSPS) is 15.2. The first-order valence-corrected chi connectivity index (χ1v) is 9.84. The number of ether oxygens (including phenoxy) is 1. The zero-order valence-electron chi connectivity index (χ0n) is 16.9. The van der Waals surface area contributed by atoms with Gasteiger partial charge in [0.2, 0.25) is 0 Å². The van der Waals surface area contributed by atoms with Crippen LogP contribution in [0.15, 0.2) is 36.5 Å². The number of benzene rings is 1. The first kappa shape index (κ1) is 20.2. The van der Waals surface area contributed by atoms with Crippen molar-refractivity contribution in [2.75, 3.05) is 39.8 Å². The molecule has 9 heteroatoms. The monoisotopic (exact) mass is 415 g/mol. The number of halogens is 2. The van der Waals surface area contributed by atoms with E-state index in [0.29, 0.717) is 30.1 Å². The molecule has 7 nitrogen and oxygen atoms in total. The Balaban J connectivity index is 1.74. The molecule has 0 bridgehead atoms. The first-order valence-electron chi connectivity index (χ1n) is 9.84. The third-order valence-corrected chi connectivity index (χ3v) is 5.45. The maximum atomic E-state index is 13.7. The van der Waals surface area contributed by atoms with Crippen LogP contribution in [0.4, 0.5) is 8.78 Å². The van der Waals surface area contributed by atoms with Crippen LogP contribution in [0.3, 0.4) is 0 Å². The highest BCUT2D eigenvalue weighted by atomic mass is 19.3. The van der Waals surface area contributed by atoms with E-state index in [2.05, 4.69) is 21.9 Å². The topological polar surface area (TPSA) is 63.0 Å². The highest BCUT2D eigenvalue weighted by Crippen LogP contribution is 2.28. The highest BCUT2D eigenvalue weighted by Gasteiger charge is 2.26. The van der Waals surface area contributed by atoms with Crippen molar-refractivity contribution in [2.45, 2.75) is 13.3 Å². The molecule has 0 atom stereocenters. The number of likely N-dealkylation sites (N-methyl/N-ethyl adjacent to an activating group) is 1. The Bertz CT molecular complexity index is 1040. The third kappa shape index (κ3) is 3.72. The second kappa shape index (κ2) is 8.35. The summed E-state index contributed by atoms with van der Waals surface area (Å²) in [6, 6.07) is 8.27. The first-order chi connectivity index (χ1) is 14.5. The maximum absolute atomic E-state index is 13.7. The fourth-order valence-electron chi connectivity index (χ4n) is 3.64. The van der Waals surface area contributed by atoms with Crippen molar-refractivity contribution in [3.8, 4) is 17.0 Å². The number of nitrogens with zero attached hydrogens (tertiary/aromatic N) is 5. The van der Waals surface area contributed by atoms with Crippen molar-refractivity contribution in [1.29, 1.82) is 0 Å². The molecule has 1 aromatic carbocycles. The van der Waals surface area contributed by atoms with E-state index >= 15 is 0 Å². The van der Waals surface area contributed by atoms with Crippen LogP contribution in [0.5, 0.6) is 5.75 Å².